The van der Waals surface area contributed by atoms with Crippen LogP contribution in [0.25, 0.3) is 6.08 Å². The molecular weight excluding hydrogens is 386 g/mol. The number of nitrogens with zero attached hydrogens (tertiary/aromatic N) is 1. The SMILES string of the molecule is O=C(/C=C/c1ccc2c(c1)OCCO2)O[C@@H](C(=O)N1CCOCC1)c1ccccc1. The van der Waals surface area contributed by atoms with E-state index in [1.807, 2.05) is 24.3 Å². The molecule has 0 N–H and O–H groups in total. The summed E-state index contributed by atoms with van der Waals surface area (Å²) in [6.45, 7) is 2.92. The van der Waals surface area contributed by atoms with E-state index < -0.39 is 12.1 Å². The largest absolute Gasteiger partial charge is 0.486 e. The second kappa shape index (κ2) is 9.45. The molecule has 0 bridgehead atoms. The van der Waals surface area contributed by atoms with Gasteiger partial charge in [-0.05, 0) is 23.8 Å². The maximum Gasteiger partial charge on any atom is 0.331 e. The van der Waals surface area contributed by atoms with Gasteiger partial charge in [-0.1, -0.05) is 36.4 Å². The number of fused-ring (bicyclic) bond motifs is 1. The lowest BCUT2D eigenvalue weighted by atomic mass is 10.1. The minimum absolute atomic E-state index is 0.245. The fourth-order valence-corrected chi connectivity index (χ4v) is 3.32. The third-order valence-corrected chi connectivity index (χ3v) is 4.86. The summed E-state index contributed by atoms with van der Waals surface area (Å²) in [7, 11) is 0. The Morgan fingerprint density at radius 1 is 0.933 bits per heavy atom. The van der Waals surface area contributed by atoms with Crippen LogP contribution >= 0.6 is 0 Å². The topological polar surface area (TPSA) is 74.3 Å². The number of carbonyl (C=O) groups is 2. The van der Waals surface area contributed by atoms with Gasteiger partial charge >= 0.3 is 5.97 Å². The van der Waals surface area contributed by atoms with Crippen LogP contribution in [0.1, 0.15) is 17.2 Å². The molecule has 1 amide bonds. The molecule has 2 aromatic carbocycles. The van der Waals surface area contributed by atoms with Gasteiger partial charge < -0.3 is 23.8 Å². The lowest BCUT2D eigenvalue weighted by Crippen LogP contribution is -2.44. The van der Waals surface area contributed by atoms with Gasteiger partial charge in [-0.2, -0.15) is 0 Å². The molecule has 0 aromatic heterocycles. The molecule has 1 saturated heterocycles. The van der Waals surface area contributed by atoms with Crippen molar-refractivity contribution in [1.29, 1.82) is 0 Å². The zero-order valence-electron chi connectivity index (χ0n) is 16.5. The lowest BCUT2D eigenvalue weighted by Gasteiger charge is -2.30. The van der Waals surface area contributed by atoms with Crippen LogP contribution in [0.5, 0.6) is 11.5 Å². The normalized spacial score (nSPS) is 16.9. The first kappa shape index (κ1) is 20.0. The van der Waals surface area contributed by atoms with E-state index in [0.717, 1.165) is 5.56 Å². The molecule has 7 nitrogen and oxygen atoms in total. The Balaban J connectivity index is 1.47. The minimum Gasteiger partial charge on any atom is -0.486 e. The Morgan fingerprint density at radius 2 is 1.67 bits per heavy atom. The third kappa shape index (κ3) is 4.80. The molecule has 0 spiro atoms. The zero-order chi connectivity index (χ0) is 20.8. The van der Waals surface area contributed by atoms with E-state index in [4.69, 9.17) is 18.9 Å². The van der Waals surface area contributed by atoms with Gasteiger partial charge in [-0.3, -0.25) is 4.79 Å². The van der Waals surface area contributed by atoms with E-state index in [-0.39, 0.29) is 5.91 Å². The number of carbonyl (C=O) groups excluding carboxylic acids is 2. The van der Waals surface area contributed by atoms with Gasteiger partial charge in [-0.25, -0.2) is 4.79 Å². The van der Waals surface area contributed by atoms with E-state index >= 15 is 0 Å². The lowest BCUT2D eigenvalue weighted by molar-refractivity contribution is -0.159. The van der Waals surface area contributed by atoms with Crippen LogP contribution in [0.3, 0.4) is 0 Å². The Kier molecular flexibility index (Phi) is 6.29. The first-order valence-corrected chi connectivity index (χ1v) is 9.90. The van der Waals surface area contributed by atoms with Gasteiger partial charge in [0.1, 0.15) is 13.2 Å². The molecule has 0 aliphatic carbocycles. The minimum atomic E-state index is -0.998. The summed E-state index contributed by atoms with van der Waals surface area (Å²) in [4.78, 5) is 27.2. The molecule has 2 aliphatic heterocycles. The van der Waals surface area contributed by atoms with Crippen molar-refractivity contribution in [3.63, 3.8) is 0 Å². The Morgan fingerprint density at radius 3 is 2.43 bits per heavy atom. The van der Waals surface area contributed by atoms with Crippen molar-refractivity contribution in [3.05, 3.63) is 65.7 Å². The van der Waals surface area contributed by atoms with Crippen LogP contribution in [0.4, 0.5) is 0 Å². The van der Waals surface area contributed by atoms with Gasteiger partial charge in [0.15, 0.2) is 11.5 Å². The van der Waals surface area contributed by atoms with E-state index in [0.29, 0.717) is 56.6 Å². The number of ether oxygens (including phenoxy) is 4. The van der Waals surface area contributed by atoms with E-state index in [1.54, 1.807) is 35.2 Å². The monoisotopic (exact) mass is 409 g/mol. The molecule has 1 atom stereocenters. The highest BCUT2D eigenvalue weighted by Crippen LogP contribution is 2.31. The van der Waals surface area contributed by atoms with Crippen molar-refractivity contribution in [2.24, 2.45) is 0 Å². The standard InChI is InChI=1S/C23H23NO6/c25-21(9-7-17-6-8-19-20(16-17)29-15-14-28-19)30-22(18-4-2-1-3-5-18)23(26)24-10-12-27-13-11-24/h1-9,16,22H,10-15H2/b9-7+/t22-/m1/s1. The summed E-state index contributed by atoms with van der Waals surface area (Å²) in [5.41, 5.74) is 1.40. The highest BCUT2D eigenvalue weighted by atomic mass is 16.6. The third-order valence-electron chi connectivity index (χ3n) is 4.86. The summed E-state index contributed by atoms with van der Waals surface area (Å²) in [6.07, 6.45) is 1.94. The maximum absolute atomic E-state index is 13.0. The second-order valence-electron chi connectivity index (χ2n) is 6.90. The van der Waals surface area contributed by atoms with Gasteiger partial charge in [0.05, 0.1) is 13.2 Å². The molecule has 0 radical (unpaired) electrons. The average Bonchev–Trinajstić information content (AvgIpc) is 2.82. The fraction of sp³-hybridized carbons (Fsp3) is 0.304. The summed E-state index contributed by atoms with van der Waals surface area (Å²) in [5.74, 6) is 0.480. The number of rotatable bonds is 5. The second-order valence-corrected chi connectivity index (χ2v) is 6.90. The average molecular weight is 409 g/mol. The van der Waals surface area contributed by atoms with Crippen molar-refractivity contribution in [2.75, 3.05) is 39.5 Å². The first-order valence-electron chi connectivity index (χ1n) is 9.90. The van der Waals surface area contributed by atoms with Crippen LogP contribution in [0.2, 0.25) is 0 Å². The van der Waals surface area contributed by atoms with E-state index in [2.05, 4.69) is 0 Å². The summed E-state index contributed by atoms with van der Waals surface area (Å²) < 4.78 is 21.9. The number of hydrogen-bond acceptors (Lipinski definition) is 6. The zero-order valence-corrected chi connectivity index (χ0v) is 16.5. The predicted molar refractivity (Wildman–Crippen MR) is 109 cm³/mol. The Hall–Kier alpha value is -3.32. The van der Waals surface area contributed by atoms with E-state index in [1.165, 1.54) is 6.08 Å². The number of hydrogen-bond donors (Lipinski definition) is 0. The van der Waals surface area contributed by atoms with Crippen LogP contribution in [0, 0.1) is 0 Å². The molecule has 4 rings (SSSR count). The van der Waals surface area contributed by atoms with Gasteiger partial charge in [-0.15, -0.1) is 0 Å². The maximum atomic E-state index is 13.0. The predicted octanol–water partition coefficient (Wildman–Crippen LogP) is 2.61. The van der Waals surface area contributed by atoms with Crippen molar-refractivity contribution < 1.29 is 28.5 Å². The quantitative estimate of drug-likeness (QED) is 0.558. The van der Waals surface area contributed by atoms with Gasteiger partial charge in [0.2, 0.25) is 6.10 Å². The number of esters is 1. The molecule has 2 aliphatic rings. The Labute approximate surface area is 174 Å². The fourth-order valence-electron chi connectivity index (χ4n) is 3.32. The van der Waals surface area contributed by atoms with Gasteiger partial charge in [0.25, 0.3) is 5.91 Å². The van der Waals surface area contributed by atoms with Crippen molar-refractivity contribution in [2.45, 2.75) is 6.10 Å². The molecule has 7 heteroatoms. The summed E-state index contributed by atoms with van der Waals surface area (Å²) in [5, 5.41) is 0. The summed E-state index contributed by atoms with van der Waals surface area (Å²) >= 11 is 0. The molecule has 0 saturated carbocycles. The van der Waals surface area contributed by atoms with Crippen LogP contribution in [0.15, 0.2) is 54.6 Å². The van der Waals surface area contributed by atoms with Gasteiger partial charge in [0, 0.05) is 24.7 Å². The molecular formula is C23H23NO6. The molecule has 2 aromatic rings. The molecule has 0 unspecified atom stereocenters. The molecule has 1 fully saturated rings. The van der Waals surface area contributed by atoms with Crippen molar-refractivity contribution >= 4 is 18.0 Å². The van der Waals surface area contributed by atoms with Crippen molar-refractivity contribution in [1.82, 2.24) is 4.90 Å². The smallest absolute Gasteiger partial charge is 0.331 e. The van der Waals surface area contributed by atoms with Crippen LogP contribution in [-0.2, 0) is 19.1 Å². The highest BCUT2D eigenvalue weighted by molar-refractivity contribution is 5.91. The van der Waals surface area contributed by atoms with Crippen LogP contribution < -0.4 is 9.47 Å². The van der Waals surface area contributed by atoms with Crippen molar-refractivity contribution in [3.8, 4) is 11.5 Å². The number of amides is 1. The molecule has 2 heterocycles. The Bertz CT molecular complexity index is 921. The molecule has 156 valence electrons. The first-order chi connectivity index (χ1) is 14.7. The number of benzene rings is 2. The molecule has 30 heavy (non-hydrogen) atoms. The van der Waals surface area contributed by atoms with Crippen LogP contribution in [-0.4, -0.2) is 56.3 Å². The summed E-state index contributed by atoms with van der Waals surface area (Å²) in [6, 6.07) is 14.5. The van der Waals surface area contributed by atoms with E-state index in [9.17, 15) is 9.59 Å². The number of morpholine rings is 1. The highest BCUT2D eigenvalue weighted by Gasteiger charge is 2.30.